The van der Waals surface area contributed by atoms with Gasteiger partial charge in [0.05, 0.1) is 12.7 Å². The predicted molar refractivity (Wildman–Crippen MR) is 81.9 cm³/mol. The smallest absolute Gasteiger partial charge is 0.428 e. The fraction of sp³-hybridized carbons (Fsp3) is 0.250. The van der Waals surface area contributed by atoms with Crippen LogP contribution in [0.4, 0.5) is 10.5 Å². The molecule has 1 aromatic carbocycles. The highest BCUT2D eigenvalue weighted by atomic mass is 79.9. The van der Waals surface area contributed by atoms with E-state index in [1.165, 1.54) is 33.4 Å². The molecule has 1 aromatic rings. The molecule has 0 bridgehead atoms. The number of halogens is 2. The van der Waals surface area contributed by atoms with Crippen molar-refractivity contribution in [2.45, 2.75) is 0 Å². The van der Waals surface area contributed by atoms with Crippen LogP contribution in [0.5, 0.6) is 0 Å². The van der Waals surface area contributed by atoms with Crippen molar-refractivity contribution >= 4 is 55.6 Å². The fourth-order valence-corrected chi connectivity index (χ4v) is 2.77. The van der Waals surface area contributed by atoms with Crippen molar-refractivity contribution < 1.29 is 19.1 Å². The number of benzene rings is 1. The van der Waals surface area contributed by atoms with Crippen LogP contribution >= 0.6 is 31.9 Å². The van der Waals surface area contributed by atoms with Gasteiger partial charge in [-0.05, 0) is 28.1 Å². The lowest BCUT2D eigenvalue weighted by molar-refractivity contribution is 0.0193. The summed E-state index contributed by atoms with van der Waals surface area (Å²) in [4.78, 5) is 37.9. The summed E-state index contributed by atoms with van der Waals surface area (Å²) in [7, 11) is 3.97. The van der Waals surface area contributed by atoms with Crippen LogP contribution in [0.1, 0.15) is 10.4 Å². The van der Waals surface area contributed by atoms with Crippen LogP contribution < -0.4 is 0 Å². The Morgan fingerprint density at radius 1 is 1.24 bits per heavy atom. The number of ether oxygens (including phenoxy) is 1. The molecule has 0 fully saturated rings. The Kier molecular flexibility index (Phi) is 6.07. The largest absolute Gasteiger partial charge is 0.452 e. The van der Waals surface area contributed by atoms with E-state index < -0.39 is 12.0 Å². The molecule has 0 saturated carbocycles. The highest BCUT2D eigenvalue weighted by Gasteiger charge is 2.24. The number of hydrogen-bond acceptors (Lipinski definition) is 5. The molecule has 0 saturated heterocycles. The quantitative estimate of drug-likeness (QED) is 0.418. The predicted octanol–water partition coefficient (Wildman–Crippen LogP) is 2.86. The van der Waals surface area contributed by atoms with Gasteiger partial charge in [0.25, 0.3) is 5.91 Å². The Balaban J connectivity index is 3.29. The highest BCUT2D eigenvalue weighted by molar-refractivity contribution is 9.11. The molecule has 112 valence electrons. The third-order valence-corrected chi connectivity index (χ3v) is 3.66. The third kappa shape index (κ3) is 3.90. The molecule has 0 atom stereocenters. The molecule has 0 heterocycles. The van der Waals surface area contributed by atoms with Crippen molar-refractivity contribution in [1.29, 1.82) is 0 Å². The summed E-state index contributed by atoms with van der Waals surface area (Å²) in [5.74, 6) is -0.543. The number of methoxy groups -OCH3 is 1. The monoisotopic (exact) mass is 419 g/mol. The lowest BCUT2D eigenvalue weighted by Gasteiger charge is -2.27. The second-order valence-corrected chi connectivity index (χ2v) is 5.58. The minimum Gasteiger partial charge on any atom is -0.452 e. The van der Waals surface area contributed by atoms with Crippen molar-refractivity contribution in [2.75, 3.05) is 21.2 Å². The maximum atomic E-state index is 12.5. The molecule has 0 N–H and O–H groups in total. The van der Waals surface area contributed by atoms with Crippen LogP contribution in [-0.4, -0.2) is 49.3 Å². The van der Waals surface area contributed by atoms with Crippen LogP contribution in [-0.2, 0) is 9.53 Å². The van der Waals surface area contributed by atoms with Crippen molar-refractivity contribution in [3.05, 3.63) is 26.6 Å². The standard InChI is InChI=1S/C12H11Br2N3O4/c1-16(17(2)12(20)21-3)11(19)8-4-7(13)5-9(14)10(8)15-6-18/h4-5H,1-3H3. The Labute approximate surface area is 137 Å². The topological polar surface area (TPSA) is 79.3 Å². The summed E-state index contributed by atoms with van der Waals surface area (Å²) in [5, 5.41) is 2.04. The number of aliphatic imine (C=N–C) groups is 1. The molecule has 1 rings (SSSR count). The Bertz CT molecular complexity index is 629. The van der Waals surface area contributed by atoms with Crippen LogP contribution in [0.3, 0.4) is 0 Å². The number of isocyanates is 1. The van der Waals surface area contributed by atoms with E-state index in [-0.39, 0.29) is 11.3 Å². The normalized spacial score (nSPS) is 9.57. The van der Waals surface area contributed by atoms with E-state index >= 15 is 0 Å². The highest BCUT2D eigenvalue weighted by Crippen LogP contribution is 2.33. The summed E-state index contributed by atoms with van der Waals surface area (Å²) in [6, 6.07) is 3.13. The van der Waals surface area contributed by atoms with E-state index in [1.807, 2.05) is 0 Å². The maximum absolute atomic E-state index is 12.5. The van der Waals surface area contributed by atoms with Crippen molar-refractivity contribution in [3.8, 4) is 0 Å². The van der Waals surface area contributed by atoms with E-state index in [0.29, 0.717) is 8.95 Å². The summed E-state index contributed by atoms with van der Waals surface area (Å²) < 4.78 is 5.58. The first-order chi connectivity index (χ1) is 9.83. The molecule has 0 unspecified atom stereocenters. The van der Waals surface area contributed by atoms with Gasteiger partial charge in [0.2, 0.25) is 6.08 Å². The minimum atomic E-state index is -0.708. The summed E-state index contributed by atoms with van der Waals surface area (Å²) in [6.45, 7) is 0. The SMILES string of the molecule is COC(=O)N(C)N(C)C(=O)c1cc(Br)cc(Br)c1N=C=O. The van der Waals surface area contributed by atoms with Gasteiger partial charge in [-0.3, -0.25) is 4.79 Å². The number of hydrazine groups is 1. The fourth-order valence-electron chi connectivity index (χ4n) is 1.45. The molecular weight excluding hydrogens is 410 g/mol. The molecule has 0 spiro atoms. The summed E-state index contributed by atoms with van der Waals surface area (Å²) >= 11 is 6.47. The van der Waals surface area contributed by atoms with Gasteiger partial charge in [0, 0.05) is 23.0 Å². The summed E-state index contributed by atoms with van der Waals surface area (Å²) in [5.41, 5.74) is 0.251. The molecule has 21 heavy (non-hydrogen) atoms. The van der Waals surface area contributed by atoms with Crippen LogP contribution in [0.15, 0.2) is 26.1 Å². The van der Waals surface area contributed by atoms with Gasteiger partial charge in [-0.15, -0.1) is 0 Å². The number of amides is 2. The van der Waals surface area contributed by atoms with Crippen molar-refractivity contribution in [2.24, 2.45) is 4.99 Å². The molecule has 2 amide bonds. The van der Waals surface area contributed by atoms with E-state index in [0.717, 1.165) is 10.0 Å². The average molecular weight is 421 g/mol. The van der Waals surface area contributed by atoms with Gasteiger partial charge in [0.1, 0.15) is 5.69 Å². The van der Waals surface area contributed by atoms with Gasteiger partial charge in [0.15, 0.2) is 0 Å². The van der Waals surface area contributed by atoms with E-state index in [1.54, 1.807) is 6.07 Å². The van der Waals surface area contributed by atoms with E-state index in [2.05, 4.69) is 41.6 Å². The van der Waals surface area contributed by atoms with Gasteiger partial charge in [-0.2, -0.15) is 4.99 Å². The maximum Gasteiger partial charge on any atom is 0.428 e. The van der Waals surface area contributed by atoms with Gasteiger partial charge in [-0.25, -0.2) is 19.6 Å². The van der Waals surface area contributed by atoms with Crippen molar-refractivity contribution in [1.82, 2.24) is 10.0 Å². The van der Waals surface area contributed by atoms with E-state index in [4.69, 9.17) is 0 Å². The van der Waals surface area contributed by atoms with Crippen molar-refractivity contribution in [3.63, 3.8) is 0 Å². The average Bonchev–Trinajstić information content (AvgIpc) is 2.46. The van der Waals surface area contributed by atoms with Crippen LogP contribution in [0.25, 0.3) is 0 Å². The van der Waals surface area contributed by atoms with Gasteiger partial charge in [-0.1, -0.05) is 15.9 Å². The number of rotatable bonds is 2. The molecule has 0 aliphatic rings. The second-order valence-electron chi connectivity index (χ2n) is 3.81. The molecule has 0 aliphatic carbocycles. The number of nitrogens with zero attached hydrogens (tertiary/aromatic N) is 3. The molecule has 7 nitrogen and oxygen atoms in total. The van der Waals surface area contributed by atoms with Gasteiger partial charge >= 0.3 is 6.09 Å². The summed E-state index contributed by atoms with van der Waals surface area (Å²) in [6.07, 6.45) is 0.687. The first-order valence-electron chi connectivity index (χ1n) is 5.50. The minimum absolute atomic E-state index is 0.123. The first-order valence-corrected chi connectivity index (χ1v) is 7.08. The zero-order valence-electron chi connectivity index (χ0n) is 11.4. The molecule has 0 aromatic heterocycles. The number of carbonyl (C=O) groups is 2. The van der Waals surface area contributed by atoms with E-state index in [9.17, 15) is 14.4 Å². The number of hydrogen-bond donors (Lipinski definition) is 0. The first kappa shape index (κ1) is 17.4. The lowest BCUT2D eigenvalue weighted by Crippen LogP contribution is -2.44. The molecule has 9 heteroatoms. The van der Waals surface area contributed by atoms with Gasteiger partial charge < -0.3 is 4.74 Å². The Hall–Kier alpha value is -1.70. The van der Waals surface area contributed by atoms with Crippen LogP contribution in [0, 0.1) is 0 Å². The lowest BCUT2D eigenvalue weighted by atomic mass is 10.1. The Morgan fingerprint density at radius 3 is 2.38 bits per heavy atom. The number of carbonyl (C=O) groups excluding carboxylic acids is 3. The molecule has 0 radical (unpaired) electrons. The molecular formula is C12H11Br2N3O4. The Morgan fingerprint density at radius 2 is 1.86 bits per heavy atom. The van der Waals surface area contributed by atoms with Crippen LogP contribution in [0.2, 0.25) is 0 Å². The molecule has 0 aliphatic heterocycles. The zero-order chi connectivity index (χ0) is 16.2. The zero-order valence-corrected chi connectivity index (χ0v) is 14.6. The second kappa shape index (κ2) is 7.35. The third-order valence-electron chi connectivity index (χ3n) is 2.60.